The summed E-state index contributed by atoms with van der Waals surface area (Å²) in [5.74, 6) is 0.692. The number of halogens is 2. The number of thioether (sulfide) groups is 1. The highest BCUT2D eigenvalue weighted by Crippen LogP contribution is 2.32. The molecule has 172 valence electrons. The highest BCUT2D eigenvalue weighted by atomic mass is 35.5. The van der Waals surface area contributed by atoms with Crippen molar-refractivity contribution in [1.82, 2.24) is 9.88 Å². The second-order valence-corrected chi connectivity index (χ2v) is 9.13. The van der Waals surface area contributed by atoms with Crippen LogP contribution in [0.25, 0.3) is 10.2 Å². The monoisotopic (exact) mass is 497 g/mol. The first-order valence-corrected chi connectivity index (χ1v) is 11.9. The number of amides is 1. The van der Waals surface area contributed by atoms with Gasteiger partial charge < -0.3 is 9.47 Å². The minimum atomic E-state index is -0.285. The molecule has 0 atom stereocenters. The fourth-order valence-electron chi connectivity index (χ4n) is 3.28. The van der Waals surface area contributed by atoms with Crippen LogP contribution < -0.4 is 9.64 Å². The van der Waals surface area contributed by atoms with E-state index in [1.165, 1.54) is 35.2 Å². The normalized spacial score (nSPS) is 14.2. The molecule has 1 saturated heterocycles. The molecule has 3 aromatic rings. The number of ether oxygens (including phenoxy) is 2. The van der Waals surface area contributed by atoms with Crippen LogP contribution in [0.4, 0.5) is 9.52 Å². The van der Waals surface area contributed by atoms with Crippen LogP contribution in [-0.2, 0) is 9.53 Å². The zero-order valence-electron chi connectivity index (χ0n) is 17.7. The van der Waals surface area contributed by atoms with Crippen molar-refractivity contribution < 1.29 is 18.7 Å². The number of thiazole rings is 1. The maximum atomic E-state index is 13.2. The maximum Gasteiger partial charge on any atom is 0.239 e. The van der Waals surface area contributed by atoms with Crippen LogP contribution >= 0.6 is 35.5 Å². The predicted octanol–water partition coefficient (Wildman–Crippen LogP) is 4.32. The highest BCUT2D eigenvalue weighted by Gasteiger charge is 2.22. The first kappa shape index (κ1) is 24.7. The Bertz CT molecular complexity index is 1030. The first-order chi connectivity index (χ1) is 15.1. The molecule has 0 N–H and O–H groups in total. The topological polar surface area (TPSA) is 54.9 Å². The van der Waals surface area contributed by atoms with Gasteiger partial charge in [0.05, 0.1) is 36.3 Å². The molecule has 0 radical (unpaired) electrons. The van der Waals surface area contributed by atoms with Crippen LogP contribution in [0, 0.1) is 5.82 Å². The average Bonchev–Trinajstić information content (AvgIpc) is 3.22. The third-order valence-corrected chi connectivity index (χ3v) is 7.09. The van der Waals surface area contributed by atoms with E-state index in [9.17, 15) is 9.18 Å². The van der Waals surface area contributed by atoms with Crippen LogP contribution in [0.15, 0.2) is 47.4 Å². The summed E-state index contributed by atoms with van der Waals surface area (Å²) >= 11 is 2.90. The molecule has 1 amide bonds. The van der Waals surface area contributed by atoms with Gasteiger partial charge >= 0.3 is 0 Å². The molecule has 0 bridgehead atoms. The summed E-state index contributed by atoms with van der Waals surface area (Å²) in [6.07, 6.45) is 0. The predicted molar refractivity (Wildman–Crippen MR) is 130 cm³/mol. The fraction of sp³-hybridized carbons (Fsp3) is 0.364. The largest absolute Gasteiger partial charge is 0.497 e. The van der Waals surface area contributed by atoms with E-state index in [1.54, 1.807) is 24.1 Å². The number of anilines is 1. The smallest absolute Gasteiger partial charge is 0.239 e. The quantitative estimate of drug-likeness (QED) is 0.432. The lowest BCUT2D eigenvalue weighted by Crippen LogP contribution is -2.43. The first-order valence-electron chi connectivity index (χ1n) is 10.1. The molecule has 1 aliphatic heterocycles. The van der Waals surface area contributed by atoms with Gasteiger partial charge in [0.2, 0.25) is 5.91 Å². The summed E-state index contributed by atoms with van der Waals surface area (Å²) < 4.78 is 24.9. The van der Waals surface area contributed by atoms with Gasteiger partial charge in [-0.25, -0.2) is 9.37 Å². The van der Waals surface area contributed by atoms with Crippen LogP contribution in [-0.4, -0.2) is 68.0 Å². The van der Waals surface area contributed by atoms with Crippen molar-refractivity contribution >= 4 is 56.8 Å². The van der Waals surface area contributed by atoms with Crippen molar-refractivity contribution in [1.29, 1.82) is 0 Å². The Morgan fingerprint density at radius 1 is 1.25 bits per heavy atom. The average molecular weight is 498 g/mol. The number of nitrogens with zero attached hydrogens (tertiary/aromatic N) is 3. The van der Waals surface area contributed by atoms with E-state index in [4.69, 9.17) is 14.5 Å². The molecule has 10 heteroatoms. The molecular formula is C22H25ClFN3O3S2. The van der Waals surface area contributed by atoms with E-state index in [0.29, 0.717) is 11.7 Å². The Morgan fingerprint density at radius 3 is 2.72 bits per heavy atom. The van der Waals surface area contributed by atoms with Gasteiger partial charge in [-0.2, -0.15) is 0 Å². The van der Waals surface area contributed by atoms with E-state index < -0.39 is 0 Å². The Morgan fingerprint density at radius 2 is 2.00 bits per heavy atom. The van der Waals surface area contributed by atoms with Crippen molar-refractivity contribution in [3.63, 3.8) is 0 Å². The summed E-state index contributed by atoms with van der Waals surface area (Å²) in [5, 5.41) is 0.682. The Hall–Kier alpha value is -1.91. The van der Waals surface area contributed by atoms with Gasteiger partial charge in [-0.1, -0.05) is 11.3 Å². The van der Waals surface area contributed by atoms with Crippen LogP contribution in [0.5, 0.6) is 5.75 Å². The van der Waals surface area contributed by atoms with Gasteiger partial charge in [0, 0.05) is 37.1 Å². The maximum absolute atomic E-state index is 13.2. The molecule has 4 rings (SSSR count). The molecular weight excluding hydrogens is 473 g/mol. The molecule has 0 unspecified atom stereocenters. The minimum Gasteiger partial charge on any atom is -0.497 e. The number of fused-ring (bicyclic) bond motifs is 1. The van der Waals surface area contributed by atoms with Crippen molar-refractivity contribution in [2.45, 2.75) is 4.90 Å². The molecule has 2 heterocycles. The summed E-state index contributed by atoms with van der Waals surface area (Å²) in [6, 6.07) is 11.9. The second-order valence-electron chi connectivity index (χ2n) is 7.07. The van der Waals surface area contributed by atoms with E-state index in [0.717, 1.165) is 53.7 Å². The zero-order valence-corrected chi connectivity index (χ0v) is 20.1. The zero-order chi connectivity index (χ0) is 21.6. The Labute approximate surface area is 201 Å². The summed E-state index contributed by atoms with van der Waals surface area (Å²) in [6.45, 7) is 4.48. The number of hydrogen-bond acceptors (Lipinski definition) is 7. The molecule has 0 saturated carbocycles. The number of carbonyl (C=O) groups is 1. The van der Waals surface area contributed by atoms with Crippen LogP contribution in [0.2, 0.25) is 0 Å². The van der Waals surface area contributed by atoms with Gasteiger partial charge in [-0.3, -0.25) is 14.6 Å². The van der Waals surface area contributed by atoms with Gasteiger partial charge in [0.1, 0.15) is 11.6 Å². The lowest BCUT2D eigenvalue weighted by atomic mass is 10.3. The number of aromatic nitrogens is 1. The molecule has 32 heavy (non-hydrogen) atoms. The molecule has 0 aliphatic carbocycles. The van der Waals surface area contributed by atoms with E-state index in [2.05, 4.69) is 4.90 Å². The van der Waals surface area contributed by atoms with Crippen molar-refractivity contribution in [2.75, 3.05) is 57.2 Å². The fourth-order valence-corrected chi connectivity index (χ4v) is 5.05. The Kier molecular flexibility index (Phi) is 9.12. The third-order valence-electron chi connectivity index (χ3n) is 5.03. The van der Waals surface area contributed by atoms with Crippen molar-refractivity contribution in [3.05, 3.63) is 48.3 Å². The van der Waals surface area contributed by atoms with Gasteiger partial charge in [-0.15, -0.1) is 24.2 Å². The highest BCUT2D eigenvalue weighted by molar-refractivity contribution is 8.00. The molecule has 1 aromatic heterocycles. The Balaban J connectivity index is 0.00000289. The second kappa shape index (κ2) is 11.8. The van der Waals surface area contributed by atoms with Crippen molar-refractivity contribution in [3.8, 4) is 5.75 Å². The molecule has 2 aromatic carbocycles. The summed E-state index contributed by atoms with van der Waals surface area (Å²) in [5.41, 5.74) is 0.815. The standard InChI is InChI=1S/C22H24FN3O3S2.ClH/c1-28-17-4-7-20-19(14-17)24-22(31-20)26(9-8-25-10-12-29-13-11-25)21(27)15-30-18-5-2-16(23)3-6-18;/h2-7,14H,8-13,15H2,1H3;1H. The molecule has 1 aliphatic rings. The number of rotatable bonds is 8. The molecule has 0 spiro atoms. The number of carbonyl (C=O) groups excluding carboxylic acids is 1. The number of benzene rings is 2. The van der Waals surface area contributed by atoms with E-state index >= 15 is 0 Å². The third kappa shape index (κ3) is 6.32. The molecule has 1 fully saturated rings. The molecule has 6 nitrogen and oxygen atoms in total. The minimum absolute atomic E-state index is 0. The number of hydrogen-bond donors (Lipinski definition) is 0. The van der Waals surface area contributed by atoms with E-state index in [1.807, 2.05) is 18.2 Å². The lowest BCUT2D eigenvalue weighted by molar-refractivity contribution is -0.116. The van der Waals surface area contributed by atoms with Gasteiger partial charge in [0.25, 0.3) is 0 Å². The van der Waals surface area contributed by atoms with Crippen LogP contribution in [0.3, 0.4) is 0 Å². The summed E-state index contributed by atoms with van der Waals surface area (Å²) in [7, 11) is 1.62. The lowest BCUT2D eigenvalue weighted by Gasteiger charge is -2.29. The summed E-state index contributed by atoms with van der Waals surface area (Å²) in [4.78, 5) is 22.8. The number of methoxy groups -OCH3 is 1. The van der Waals surface area contributed by atoms with Crippen molar-refractivity contribution in [2.24, 2.45) is 0 Å². The van der Waals surface area contributed by atoms with Gasteiger partial charge in [0.15, 0.2) is 5.13 Å². The van der Waals surface area contributed by atoms with E-state index in [-0.39, 0.29) is 29.9 Å². The SMILES string of the molecule is COc1ccc2sc(N(CCN3CCOCC3)C(=O)CSc3ccc(F)cc3)nc2c1.Cl. The van der Waals surface area contributed by atoms with Gasteiger partial charge in [-0.05, 0) is 36.4 Å². The number of morpholine rings is 1. The van der Waals surface area contributed by atoms with Crippen LogP contribution in [0.1, 0.15) is 0 Å².